The van der Waals surface area contributed by atoms with Crippen LogP contribution in [0.1, 0.15) is 13.8 Å². The van der Waals surface area contributed by atoms with Crippen molar-refractivity contribution >= 4 is 5.91 Å². The van der Waals surface area contributed by atoms with Gasteiger partial charge in [-0.05, 0) is 13.8 Å². The minimum absolute atomic E-state index is 0.125. The molecular weight excluding hydrogens is 206 g/mol. The lowest BCUT2D eigenvalue weighted by Gasteiger charge is -2.15. The molecule has 0 aromatic heterocycles. The zero-order valence-corrected chi connectivity index (χ0v) is 10.1. The molecule has 0 bridgehead atoms. The van der Waals surface area contributed by atoms with Gasteiger partial charge in [0.05, 0.1) is 6.61 Å². The molecule has 1 N–H and O–H groups in total. The Bertz CT molecular complexity index is 277. The average molecular weight is 225 g/mol. The fourth-order valence-corrected chi connectivity index (χ4v) is 1.09. The van der Waals surface area contributed by atoms with Crippen molar-refractivity contribution in [3.63, 3.8) is 0 Å². The summed E-state index contributed by atoms with van der Waals surface area (Å²) in [5.41, 5.74) is 0.125. The van der Waals surface area contributed by atoms with Crippen molar-refractivity contribution in [1.82, 2.24) is 10.2 Å². The van der Waals surface area contributed by atoms with Gasteiger partial charge in [-0.3, -0.25) is 4.79 Å². The molecule has 0 aliphatic heterocycles. The highest BCUT2D eigenvalue weighted by atomic mass is 16.5. The molecule has 5 heteroatoms. The van der Waals surface area contributed by atoms with Crippen LogP contribution in [0.2, 0.25) is 0 Å². The predicted molar refractivity (Wildman–Crippen MR) is 61.5 cm³/mol. The minimum Gasteiger partial charge on any atom is -0.383 e. The van der Waals surface area contributed by atoms with Crippen LogP contribution in [0, 0.1) is 11.3 Å². The van der Waals surface area contributed by atoms with Crippen molar-refractivity contribution in [2.75, 3.05) is 33.4 Å². The Hall–Kier alpha value is -1.54. The third kappa shape index (κ3) is 5.37. The lowest BCUT2D eigenvalue weighted by molar-refractivity contribution is -0.117. The summed E-state index contributed by atoms with van der Waals surface area (Å²) in [5, 5.41) is 11.5. The first-order valence-electron chi connectivity index (χ1n) is 5.32. The summed E-state index contributed by atoms with van der Waals surface area (Å²) in [5.74, 6) is -0.355. The van der Waals surface area contributed by atoms with Gasteiger partial charge in [-0.25, -0.2) is 0 Å². The molecule has 0 saturated carbocycles. The Morgan fingerprint density at radius 2 is 2.12 bits per heavy atom. The molecule has 0 aliphatic carbocycles. The monoisotopic (exact) mass is 225 g/mol. The van der Waals surface area contributed by atoms with Crippen LogP contribution in [0.5, 0.6) is 0 Å². The molecular formula is C11H19N3O2. The zero-order chi connectivity index (χ0) is 12.4. The Morgan fingerprint density at radius 3 is 2.56 bits per heavy atom. The van der Waals surface area contributed by atoms with Gasteiger partial charge >= 0.3 is 0 Å². The molecule has 90 valence electrons. The van der Waals surface area contributed by atoms with E-state index in [4.69, 9.17) is 10.00 Å². The number of hydrogen-bond donors (Lipinski definition) is 1. The molecule has 0 aromatic rings. The van der Waals surface area contributed by atoms with Gasteiger partial charge in [0, 0.05) is 32.9 Å². The smallest absolute Gasteiger partial charge is 0.263 e. The zero-order valence-electron chi connectivity index (χ0n) is 10.1. The summed E-state index contributed by atoms with van der Waals surface area (Å²) in [6.45, 7) is 6.33. The first-order chi connectivity index (χ1) is 7.69. The SMILES string of the molecule is CCN(/C=C(/C#N)C(=O)NCCOC)CC. The van der Waals surface area contributed by atoms with Crippen LogP contribution in [-0.4, -0.2) is 44.2 Å². The molecule has 0 unspecified atom stereocenters. The second kappa shape index (κ2) is 8.74. The largest absolute Gasteiger partial charge is 0.383 e. The topological polar surface area (TPSA) is 65.4 Å². The van der Waals surface area contributed by atoms with Crippen molar-refractivity contribution in [2.24, 2.45) is 0 Å². The van der Waals surface area contributed by atoms with Crippen LogP contribution >= 0.6 is 0 Å². The summed E-state index contributed by atoms with van der Waals surface area (Å²) >= 11 is 0. The maximum Gasteiger partial charge on any atom is 0.263 e. The standard InChI is InChI=1S/C11H19N3O2/c1-4-14(5-2)9-10(8-12)11(15)13-6-7-16-3/h9H,4-7H2,1-3H3,(H,13,15)/b10-9-. The lowest BCUT2D eigenvalue weighted by Crippen LogP contribution is -2.29. The van der Waals surface area contributed by atoms with E-state index in [2.05, 4.69) is 5.32 Å². The molecule has 5 nitrogen and oxygen atoms in total. The molecule has 16 heavy (non-hydrogen) atoms. The van der Waals surface area contributed by atoms with E-state index in [0.29, 0.717) is 13.2 Å². The first-order valence-corrected chi connectivity index (χ1v) is 5.32. The normalized spacial score (nSPS) is 10.8. The molecule has 0 fully saturated rings. The van der Waals surface area contributed by atoms with E-state index in [1.54, 1.807) is 13.3 Å². The van der Waals surface area contributed by atoms with Crippen molar-refractivity contribution in [1.29, 1.82) is 5.26 Å². The second-order valence-electron chi connectivity index (χ2n) is 3.12. The van der Waals surface area contributed by atoms with Crippen LogP contribution in [-0.2, 0) is 9.53 Å². The van der Waals surface area contributed by atoms with Gasteiger partial charge in [0.15, 0.2) is 0 Å². The maximum atomic E-state index is 11.5. The van der Waals surface area contributed by atoms with E-state index in [0.717, 1.165) is 13.1 Å². The van der Waals surface area contributed by atoms with Crippen LogP contribution in [0.4, 0.5) is 0 Å². The third-order valence-electron chi connectivity index (χ3n) is 2.08. The first kappa shape index (κ1) is 14.5. The maximum absolute atomic E-state index is 11.5. The van der Waals surface area contributed by atoms with Gasteiger partial charge in [0.25, 0.3) is 5.91 Å². The molecule has 0 aromatic carbocycles. The number of nitriles is 1. The Labute approximate surface area is 96.7 Å². The van der Waals surface area contributed by atoms with E-state index in [-0.39, 0.29) is 11.5 Å². The summed E-state index contributed by atoms with van der Waals surface area (Å²) < 4.78 is 4.80. The van der Waals surface area contributed by atoms with Gasteiger partial charge in [-0.15, -0.1) is 0 Å². The van der Waals surface area contributed by atoms with Crippen molar-refractivity contribution in [3.8, 4) is 6.07 Å². The number of hydrogen-bond acceptors (Lipinski definition) is 4. The summed E-state index contributed by atoms with van der Waals surface area (Å²) in [6.07, 6.45) is 1.59. The highest BCUT2D eigenvalue weighted by Gasteiger charge is 2.09. The molecule has 0 aliphatic rings. The van der Waals surface area contributed by atoms with Gasteiger partial charge in [-0.1, -0.05) is 0 Å². The summed E-state index contributed by atoms with van der Waals surface area (Å²) in [7, 11) is 1.56. The predicted octanol–water partition coefficient (Wildman–Crippen LogP) is 0.498. The van der Waals surface area contributed by atoms with Crippen molar-refractivity contribution < 1.29 is 9.53 Å². The van der Waals surface area contributed by atoms with Gasteiger partial charge in [0.1, 0.15) is 11.6 Å². The van der Waals surface area contributed by atoms with Crippen LogP contribution in [0.25, 0.3) is 0 Å². The molecule has 0 rings (SSSR count). The summed E-state index contributed by atoms with van der Waals surface area (Å²) in [4.78, 5) is 13.4. The van der Waals surface area contributed by atoms with E-state index in [1.807, 2.05) is 24.8 Å². The van der Waals surface area contributed by atoms with Crippen LogP contribution in [0.3, 0.4) is 0 Å². The van der Waals surface area contributed by atoms with Gasteiger partial charge in [0.2, 0.25) is 0 Å². The van der Waals surface area contributed by atoms with E-state index in [9.17, 15) is 4.79 Å². The number of carbonyl (C=O) groups excluding carboxylic acids is 1. The van der Waals surface area contributed by atoms with E-state index >= 15 is 0 Å². The Morgan fingerprint density at radius 1 is 1.50 bits per heavy atom. The van der Waals surface area contributed by atoms with Crippen molar-refractivity contribution in [3.05, 3.63) is 11.8 Å². The fourth-order valence-electron chi connectivity index (χ4n) is 1.09. The number of methoxy groups -OCH3 is 1. The molecule has 0 atom stereocenters. The molecule has 0 radical (unpaired) electrons. The van der Waals surface area contributed by atoms with Gasteiger partial charge < -0.3 is 15.0 Å². The molecule has 0 saturated heterocycles. The lowest BCUT2D eigenvalue weighted by atomic mass is 10.3. The van der Waals surface area contributed by atoms with Crippen molar-refractivity contribution in [2.45, 2.75) is 13.8 Å². The number of ether oxygens (including phenoxy) is 1. The molecule has 0 spiro atoms. The fraction of sp³-hybridized carbons (Fsp3) is 0.636. The van der Waals surface area contributed by atoms with E-state index < -0.39 is 0 Å². The average Bonchev–Trinajstić information content (AvgIpc) is 2.31. The highest BCUT2D eigenvalue weighted by molar-refractivity contribution is 5.97. The number of amides is 1. The Balaban J connectivity index is 4.37. The van der Waals surface area contributed by atoms with E-state index in [1.165, 1.54) is 0 Å². The number of rotatable bonds is 7. The highest BCUT2D eigenvalue weighted by Crippen LogP contribution is 1.97. The second-order valence-corrected chi connectivity index (χ2v) is 3.12. The number of nitrogens with zero attached hydrogens (tertiary/aromatic N) is 2. The number of nitrogens with one attached hydrogen (secondary N) is 1. The summed E-state index contributed by atoms with van der Waals surface area (Å²) in [6, 6.07) is 1.89. The Kier molecular flexibility index (Phi) is 7.90. The van der Waals surface area contributed by atoms with Gasteiger partial charge in [-0.2, -0.15) is 5.26 Å². The van der Waals surface area contributed by atoms with Crippen LogP contribution in [0.15, 0.2) is 11.8 Å². The molecule has 0 heterocycles. The third-order valence-corrected chi connectivity index (χ3v) is 2.08. The van der Waals surface area contributed by atoms with Crippen LogP contribution < -0.4 is 5.32 Å². The minimum atomic E-state index is -0.355. The molecule has 1 amide bonds. The quantitative estimate of drug-likeness (QED) is 0.389. The number of carbonyl (C=O) groups is 1.